The summed E-state index contributed by atoms with van der Waals surface area (Å²) >= 11 is 6.04. The van der Waals surface area contributed by atoms with Gasteiger partial charge in [-0.1, -0.05) is 25.4 Å². The van der Waals surface area contributed by atoms with Gasteiger partial charge in [-0.2, -0.15) is 0 Å². The minimum absolute atomic E-state index is 0.254. The number of ether oxygens (including phenoxy) is 1. The summed E-state index contributed by atoms with van der Waals surface area (Å²) in [6, 6.07) is 5.89. The van der Waals surface area contributed by atoms with Gasteiger partial charge in [0.15, 0.2) is 0 Å². The van der Waals surface area contributed by atoms with E-state index in [1.165, 1.54) is 0 Å². The number of halogens is 1. The van der Waals surface area contributed by atoms with Gasteiger partial charge in [0.25, 0.3) is 0 Å². The van der Waals surface area contributed by atoms with Crippen LogP contribution in [0.5, 0.6) is 5.75 Å². The first-order valence-electron chi connectivity index (χ1n) is 5.38. The summed E-state index contributed by atoms with van der Waals surface area (Å²) in [5.41, 5.74) is 6.66. The molecule has 90 valence electrons. The molecule has 1 aromatic carbocycles. The standard InChI is InChI=1S/C12H19ClN2O/c1-8(2)11(7-14)15-9-4-5-12(16-3)10(13)6-9/h4-6,8,11,15H,7,14H2,1-3H3. The normalized spacial score (nSPS) is 12.6. The number of nitrogens with two attached hydrogens (primary N) is 1. The quantitative estimate of drug-likeness (QED) is 0.835. The topological polar surface area (TPSA) is 47.3 Å². The average molecular weight is 243 g/mol. The number of benzene rings is 1. The van der Waals surface area contributed by atoms with Crippen LogP contribution < -0.4 is 15.8 Å². The van der Waals surface area contributed by atoms with E-state index >= 15 is 0 Å². The van der Waals surface area contributed by atoms with Crippen LogP contribution in [0.3, 0.4) is 0 Å². The van der Waals surface area contributed by atoms with Gasteiger partial charge in [-0.15, -0.1) is 0 Å². The Hall–Kier alpha value is -0.930. The minimum Gasteiger partial charge on any atom is -0.495 e. The fourth-order valence-corrected chi connectivity index (χ4v) is 1.73. The van der Waals surface area contributed by atoms with E-state index in [0.29, 0.717) is 23.2 Å². The Morgan fingerprint density at radius 3 is 2.56 bits per heavy atom. The van der Waals surface area contributed by atoms with Gasteiger partial charge in [0, 0.05) is 18.3 Å². The first-order valence-corrected chi connectivity index (χ1v) is 5.76. The highest BCUT2D eigenvalue weighted by Gasteiger charge is 2.11. The SMILES string of the molecule is COc1ccc(NC(CN)C(C)C)cc1Cl. The fourth-order valence-electron chi connectivity index (χ4n) is 1.47. The van der Waals surface area contributed by atoms with Crippen molar-refractivity contribution >= 4 is 17.3 Å². The van der Waals surface area contributed by atoms with Crippen molar-refractivity contribution in [1.29, 1.82) is 0 Å². The van der Waals surface area contributed by atoms with Crippen LogP contribution in [0.15, 0.2) is 18.2 Å². The van der Waals surface area contributed by atoms with E-state index in [1.54, 1.807) is 7.11 Å². The summed E-state index contributed by atoms with van der Waals surface area (Å²) in [5.74, 6) is 1.16. The zero-order chi connectivity index (χ0) is 12.1. The fraction of sp³-hybridized carbons (Fsp3) is 0.500. The highest BCUT2D eigenvalue weighted by Crippen LogP contribution is 2.27. The molecule has 0 saturated heterocycles. The minimum atomic E-state index is 0.254. The second-order valence-corrected chi connectivity index (χ2v) is 4.49. The molecule has 4 heteroatoms. The first kappa shape index (κ1) is 13.1. The van der Waals surface area contributed by atoms with Gasteiger partial charge in [0.05, 0.1) is 12.1 Å². The number of anilines is 1. The molecule has 3 N–H and O–H groups in total. The molecule has 0 aromatic heterocycles. The molecule has 0 aliphatic heterocycles. The molecule has 1 rings (SSSR count). The Morgan fingerprint density at radius 2 is 2.12 bits per heavy atom. The maximum Gasteiger partial charge on any atom is 0.137 e. The van der Waals surface area contributed by atoms with Crippen LogP contribution in [-0.4, -0.2) is 19.7 Å². The number of rotatable bonds is 5. The molecular formula is C12H19ClN2O. The van der Waals surface area contributed by atoms with Crippen LogP contribution in [0.25, 0.3) is 0 Å². The molecule has 0 bridgehead atoms. The van der Waals surface area contributed by atoms with Gasteiger partial charge < -0.3 is 15.8 Å². The Labute approximate surface area is 102 Å². The second-order valence-electron chi connectivity index (χ2n) is 4.08. The third-order valence-electron chi connectivity index (χ3n) is 2.56. The van der Waals surface area contributed by atoms with Gasteiger partial charge >= 0.3 is 0 Å². The molecule has 16 heavy (non-hydrogen) atoms. The lowest BCUT2D eigenvalue weighted by Gasteiger charge is -2.22. The molecule has 0 amide bonds. The molecule has 1 aromatic rings. The molecule has 0 radical (unpaired) electrons. The van der Waals surface area contributed by atoms with E-state index in [2.05, 4.69) is 19.2 Å². The molecule has 1 atom stereocenters. The highest BCUT2D eigenvalue weighted by molar-refractivity contribution is 6.32. The summed E-state index contributed by atoms with van der Waals surface area (Å²) in [4.78, 5) is 0. The number of hydrogen-bond acceptors (Lipinski definition) is 3. The molecule has 1 unspecified atom stereocenters. The van der Waals surface area contributed by atoms with Gasteiger partial charge in [-0.05, 0) is 24.1 Å². The molecule has 3 nitrogen and oxygen atoms in total. The van der Waals surface area contributed by atoms with Crippen LogP contribution in [0.2, 0.25) is 5.02 Å². The molecule has 0 saturated carbocycles. The Balaban J connectivity index is 2.78. The van der Waals surface area contributed by atoms with E-state index in [9.17, 15) is 0 Å². The average Bonchev–Trinajstić information content (AvgIpc) is 2.25. The summed E-state index contributed by atoms with van der Waals surface area (Å²) in [7, 11) is 1.60. The van der Waals surface area contributed by atoms with Crippen molar-refractivity contribution in [3.63, 3.8) is 0 Å². The molecule has 0 fully saturated rings. The maximum absolute atomic E-state index is 6.04. The largest absolute Gasteiger partial charge is 0.495 e. The summed E-state index contributed by atoms with van der Waals surface area (Å²) in [6.45, 7) is 4.87. The molecule has 0 aliphatic rings. The number of hydrogen-bond donors (Lipinski definition) is 2. The highest BCUT2D eigenvalue weighted by atomic mass is 35.5. The maximum atomic E-state index is 6.04. The van der Waals surface area contributed by atoms with Crippen LogP contribution in [0.1, 0.15) is 13.8 Å². The van der Waals surface area contributed by atoms with Gasteiger partial charge in [0.2, 0.25) is 0 Å². The zero-order valence-corrected chi connectivity index (χ0v) is 10.7. The Bertz CT molecular complexity index is 342. The lowest BCUT2D eigenvalue weighted by atomic mass is 10.0. The van der Waals surface area contributed by atoms with Crippen molar-refractivity contribution in [2.45, 2.75) is 19.9 Å². The van der Waals surface area contributed by atoms with E-state index in [4.69, 9.17) is 22.1 Å². The number of methoxy groups -OCH3 is 1. The van der Waals surface area contributed by atoms with E-state index in [0.717, 1.165) is 5.69 Å². The van der Waals surface area contributed by atoms with Crippen molar-refractivity contribution in [3.8, 4) is 5.75 Å². The Kier molecular flexibility index (Phi) is 4.90. The van der Waals surface area contributed by atoms with Crippen molar-refractivity contribution in [2.75, 3.05) is 19.0 Å². The second kappa shape index (κ2) is 5.97. The predicted octanol–water partition coefficient (Wildman–Crippen LogP) is 2.74. The third kappa shape index (κ3) is 3.29. The monoisotopic (exact) mass is 242 g/mol. The summed E-state index contributed by atoms with van der Waals surface area (Å²) in [6.07, 6.45) is 0. The third-order valence-corrected chi connectivity index (χ3v) is 2.86. The van der Waals surface area contributed by atoms with Crippen molar-refractivity contribution in [1.82, 2.24) is 0 Å². The van der Waals surface area contributed by atoms with E-state index < -0.39 is 0 Å². The van der Waals surface area contributed by atoms with E-state index in [1.807, 2.05) is 18.2 Å². The summed E-state index contributed by atoms with van der Waals surface area (Å²) in [5, 5.41) is 3.96. The zero-order valence-electron chi connectivity index (χ0n) is 9.96. The van der Waals surface area contributed by atoms with Gasteiger partial charge in [-0.25, -0.2) is 0 Å². The molecule has 0 spiro atoms. The number of nitrogens with one attached hydrogen (secondary N) is 1. The van der Waals surface area contributed by atoms with Gasteiger partial charge in [0.1, 0.15) is 5.75 Å². The molecule has 0 aliphatic carbocycles. The van der Waals surface area contributed by atoms with Crippen molar-refractivity contribution in [3.05, 3.63) is 23.2 Å². The van der Waals surface area contributed by atoms with Crippen molar-refractivity contribution < 1.29 is 4.74 Å². The van der Waals surface area contributed by atoms with Crippen LogP contribution in [0, 0.1) is 5.92 Å². The smallest absolute Gasteiger partial charge is 0.137 e. The van der Waals surface area contributed by atoms with Crippen LogP contribution in [-0.2, 0) is 0 Å². The molecular weight excluding hydrogens is 224 g/mol. The lowest BCUT2D eigenvalue weighted by Crippen LogP contribution is -2.33. The molecule has 0 heterocycles. The summed E-state index contributed by atoms with van der Waals surface area (Å²) < 4.78 is 5.09. The lowest BCUT2D eigenvalue weighted by molar-refractivity contribution is 0.415. The van der Waals surface area contributed by atoms with Crippen molar-refractivity contribution in [2.24, 2.45) is 11.7 Å². The Morgan fingerprint density at radius 1 is 1.44 bits per heavy atom. The van der Waals surface area contributed by atoms with Gasteiger partial charge in [-0.3, -0.25) is 0 Å². The van der Waals surface area contributed by atoms with Crippen LogP contribution >= 0.6 is 11.6 Å². The predicted molar refractivity (Wildman–Crippen MR) is 69.3 cm³/mol. The van der Waals surface area contributed by atoms with E-state index in [-0.39, 0.29) is 6.04 Å². The van der Waals surface area contributed by atoms with Crippen LogP contribution in [0.4, 0.5) is 5.69 Å². The first-order chi connectivity index (χ1) is 7.58.